The third-order valence-corrected chi connectivity index (χ3v) is 7.48. The molecule has 3 aromatic carbocycles. The molecule has 1 atom stereocenters. The van der Waals surface area contributed by atoms with Crippen LogP contribution in [0.3, 0.4) is 0 Å². The van der Waals surface area contributed by atoms with Crippen LogP contribution in [0.5, 0.6) is 0 Å². The molecule has 3 aromatic heterocycles. The van der Waals surface area contributed by atoms with E-state index in [4.69, 9.17) is 14.5 Å². The predicted octanol–water partition coefficient (Wildman–Crippen LogP) is 7.69. The Balaban J connectivity index is 1.59. The summed E-state index contributed by atoms with van der Waals surface area (Å²) in [4.78, 5) is 18.5. The Morgan fingerprint density at radius 1 is 1.05 bits per heavy atom. The highest BCUT2D eigenvalue weighted by atomic mass is 79.9. The minimum atomic E-state index is -0.248. The first-order chi connectivity index (χ1) is 18.0. The quantitative estimate of drug-likeness (QED) is 0.206. The number of halogens is 1. The van der Waals surface area contributed by atoms with Crippen LogP contribution < -0.4 is 5.56 Å². The van der Waals surface area contributed by atoms with E-state index in [1.807, 2.05) is 48.5 Å². The zero-order valence-electron chi connectivity index (χ0n) is 20.8. The molecular formula is C30H25BrN4O2. The van der Waals surface area contributed by atoms with Crippen LogP contribution in [0.2, 0.25) is 0 Å². The van der Waals surface area contributed by atoms with Gasteiger partial charge in [-0.2, -0.15) is 9.78 Å². The number of nitrogens with zero attached hydrogens (tertiary/aromatic N) is 4. The maximum atomic E-state index is 13.7. The molecule has 3 heterocycles. The van der Waals surface area contributed by atoms with E-state index >= 15 is 0 Å². The van der Waals surface area contributed by atoms with E-state index in [2.05, 4.69) is 59.5 Å². The van der Waals surface area contributed by atoms with Crippen LogP contribution in [-0.4, -0.2) is 20.4 Å². The number of hydrogen-bond acceptors (Lipinski definition) is 4. The SMILES string of the molecule is CC[C@H](C)n1c(C)c(C=Nn2c(-c3cc4cc(Br)ccc4o3)nc3ccccc3c2=O)c2ccccc21. The molecule has 0 saturated heterocycles. The van der Waals surface area contributed by atoms with Crippen molar-refractivity contribution in [3.63, 3.8) is 0 Å². The Morgan fingerprint density at radius 2 is 1.81 bits per heavy atom. The maximum absolute atomic E-state index is 13.7. The Kier molecular flexibility index (Phi) is 5.80. The highest BCUT2D eigenvalue weighted by molar-refractivity contribution is 9.10. The zero-order chi connectivity index (χ0) is 25.7. The number of para-hydroxylation sites is 2. The summed E-state index contributed by atoms with van der Waals surface area (Å²) < 4.78 is 10.8. The third-order valence-electron chi connectivity index (χ3n) is 6.99. The van der Waals surface area contributed by atoms with Crippen LogP contribution >= 0.6 is 15.9 Å². The van der Waals surface area contributed by atoms with E-state index in [0.29, 0.717) is 34.1 Å². The van der Waals surface area contributed by atoms with Crippen LogP contribution in [0.15, 0.2) is 91.6 Å². The Morgan fingerprint density at radius 3 is 2.62 bits per heavy atom. The topological polar surface area (TPSA) is 65.3 Å². The highest BCUT2D eigenvalue weighted by Crippen LogP contribution is 2.31. The van der Waals surface area contributed by atoms with Crippen molar-refractivity contribution in [1.82, 2.24) is 14.2 Å². The lowest BCUT2D eigenvalue weighted by Gasteiger charge is -2.15. The molecule has 37 heavy (non-hydrogen) atoms. The van der Waals surface area contributed by atoms with E-state index < -0.39 is 0 Å². The van der Waals surface area contributed by atoms with Crippen molar-refractivity contribution in [3.8, 4) is 11.6 Å². The second-order valence-electron chi connectivity index (χ2n) is 9.25. The van der Waals surface area contributed by atoms with Crippen molar-refractivity contribution in [3.05, 3.63) is 98.9 Å². The average Bonchev–Trinajstić information content (AvgIpc) is 3.45. The van der Waals surface area contributed by atoms with Gasteiger partial charge in [-0.1, -0.05) is 53.2 Å². The van der Waals surface area contributed by atoms with Crippen LogP contribution in [0.25, 0.3) is 44.4 Å². The summed E-state index contributed by atoms with van der Waals surface area (Å²) in [6.45, 7) is 6.51. The lowest BCUT2D eigenvalue weighted by atomic mass is 10.1. The van der Waals surface area contributed by atoms with Crippen LogP contribution in [0.4, 0.5) is 0 Å². The van der Waals surface area contributed by atoms with E-state index in [-0.39, 0.29) is 5.56 Å². The summed E-state index contributed by atoms with van der Waals surface area (Å²) in [5, 5.41) is 7.24. The van der Waals surface area contributed by atoms with Crippen LogP contribution in [-0.2, 0) is 0 Å². The number of benzene rings is 3. The fourth-order valence-electron chi connectivity index (χ4n) is 4.96. The number of aromatic nitrogens is 3. The fraction of sp³-hybridized carbons (Fsp3) is 0.167. The summed E-state index contributed by atoms with van der Waals surface area (Å²) in [5.41, 5.74) is 4.31. The van der Waals surface area contributed by atoms with Gasteiger partial charge in [0.05, 0.1) is 17.1 Å². The number of fused-ring (bicyclic) bond motifs is 3. The second kappa shape index (κ2) is 9.16. The molecule has 7 heteroatoms. The number of furan rings is 1. The monoisotopic (exact) mass is 552 g/mol. The molecule has 0 fully saturated rings. The normalized spacial score (nSPS) is 12.9. The van der Waals surface area contributed by atoms with Gasteiger partial charge in [-0.3, -0.25) is 4.79 Å². The Labute approximate surface area is 222 Å². The summed E-state index contributed by atoms with van der Waals surface area (Å²) in [5.74, 6) is 0.836. The first kappa shape index (κ1) is 23.4. The molecule has 6 aromatic rings. The molecule has 0 saturated carbocycles. The zero-order valence-corrected chi connectivity index (χ0v) is 22.4. The smallest absolute Gasteiger partial charge is 0.282 e. The molecule has 0 aliphatic rings. The molecule has 0 amide bonds. The van der Waals surface area contributed by atoms with Gasteiger partial charge in [0.2, 0.25) is 5.82 Å². The van der Waals surface area contributed by atoms with E-state index in [9.17, 15) is 4.79 Å². The summed E-state index contributed by atoms with van der Waals surface area (Å²) in [6, 6.07) is 23.6. The van der Waals surface area contributed by atoms with Crippen molar-refractivity contribution in [1.29, 1.82) is 0 Å². The molecule has 0 radical (unpaired) electrons. The molecule has 184 valence electrons. The van der Waals surface area contributed by atoms with Gasteiger partial charge in [0.15, 0.2) is 5.76 Å². The van der Waals surface area contributed by atoms with Gasteiger partial charge in [0.25, 0.3) is 5.56 Å². The van der Waals surface area contributed by atoms with Crippen molar-refractivity contribution in [2.24, 2.45) is 5.10 Å². The molecule has 0 aliphatic carbocycles. The number of hydrogen-bond donors (Lipinski definition) is 0. The van der Waals surface area contributed by atoms with Gasteiger partial charge in [0.1, 0.15) is 5.58 Å². The highest BCUT2D eigenvalue weighted by Gasteiger charge is 2.19. The van der Waals surface area contributed by atoms with Gasteiger partial charge < -0.3 is 8.98 Å². The lowest BCUT2D eigenvalue weighted by Crippen LogP contribution is -2.20. The Hall–Kier alpha value is -3.97. The lowest BCUT2D eigenvalue weighted by molar-refractivity contribution is 0.537. The standard InChI is InChI=1S/C30H25BrN4O2/c1-4-18(2)34-19(3)24(22-9-6-8-12-26(22)34)17-32-35-29(33-25-11-7-5-10-23(25)30(35)36)28-16-20-15-21(31)13-14-27(20)37-28/h5-18H,4H2,1-3H3/t18-/m0/s1. The molecule has 0 aliphatic heterocycles. The van der Waals surface area contributed by atoms with Gasteiger partial charge in [-0.25, -0.2) is 4.98 Å². The van der Waals surface area contributed by atoms with Crippen LogP contribution in [0.1, 0.15) is 37.6 Å². The predicted molar refractivity (Wildman–Crippen MR) is 154 cm³/mol. The minimum Gasteiger partial charge on any atom is -0.453 e. The Bertz CT molecular complexity index is 1890. The number of rotatable bonds is 5. The summed E-state index contributed by atoms with van der Waals surface area (Å²) >= 11 is 3.51. The van der Waals surface area contributed by atoms with Crippen molar-refractivity contribution in [2.45, 2.75) is 33.2 Å². The molecule has 6 nitrogen and oxygen atoms in total. The van der Waals surface area contributed by atoms with E-state index in [1.54, 1.807) is 12.3 Å². The molecular weight excluding hydrogens is 528 g/mol. The molecule has 6 rings (SSSR count). The van der Waals surface area contributed by atoms with Gasteiger partial charge in [0, 0.05) is 38.1 Å². The molecule has 0 N–H and O–H groups in total. The summed E-state index contributed by atoms with van der Waals surface area (Å²) in [6.07, 6.45) is 2.79. The van der Waals surface area contributed by atoms with E-state index in [0.717, 1.165) is 38.4 Å². The van der Waals surface area contributed by atoms with Crippen molar-refractivity contribution >= 4 is 54.9 Å². The average molecular weight is 553 g/mol. The first-order valence-electron chi connectivity index (χ1n) is 12.3. The summed E-state index contributed by atoms with van der Waals surface area (Å²) in [7, 11) is 0. The maximum Gasteiger partial charge on any atom is 0.282 e. The van der Waals surface area contributed by atoms with Gasteiger partial charge >= 0.3 is 0 Å². The van der Waals surface area contributed by atoms with Crippen LogP contribution in [0, 0.1) is 6.92 Å². The molecule has 0 unspecified atom stereocenters. The largest absolute Gasteiger partial charge is 0.453 e. The van der Waals surface area contributed by atoms with E-state index in [1.165, 1.54) is 4.68 Å². The second-order valence-corrected chi connectivity index (χ2v) is 10.2. The van der Waals surface area contributed by atoms with Crippen molar-refractivity contribution < 1.29 is 4.42 Å². The molecule has 0 bridgehead atoms. The fourth-order valence-corrected chi connectivity index (χ4v) is 5.34. The third kappa shape index (κ3) is 3.90. The molecule has 0 spiro atoms. The first-order valence-corrected chi connectivity index (χ1v) is 13.1. The van der Waals surface area contributed by atoms with Crippen molar-refractivity contribution in [2.75, 3.05) is 0 Å². The van der Waals surface area contributed by atoms with Gasteiger partial charge in [-0.05, 0) is 62.7 Å². The van der Waals surface area contributed by atoms with Gasteiger partial charge in [-0.15, -0.1) is 0 Å². The minimum absolute atomic E-state index is 0.248.